The summed E-state index contributed by atoms with van der Waals surface area (Å²) in [6.45, 7) is 5.04. The SMILES string of the molecule is CC(C)C[C@H](NC(c1ccc(C(=O)N2CCN(CCF)CC2)cc1)C(F)(F)F)C(=O)NCC#N. The summed E-state index contributed by atoms with van der Waals surface area (Å²) in [4.78, 5) is 28.6. The zero-order chi connectivity index (χ0) is 25.3. The van der Waals surface area contributed by atoms with Crippen LogP contribution in [0.2, 0.25) is 0 Å². The van der Waals surface area contributed by atoms with Crippen LogP contribution in [0.5, 0.6) is 0 Å². The molecule has 2 atom stereocenters. The first kappa shape index (κ1) is 27.5. The Morgan fingerprint density at radius 3 is 2.24 bits per heavy atom. The standard InChI is InChI=1S/C23H31F4N5O2/c1-16(2)15-19(21(33)29-9-8-28)30-20(23(25,26)27)17-3-5-18(6-4-17)22(34)32-13-11-31(10-7-24)12-14-32/h3-6,16,19-20,30H,7,9-15H2,1-2H3,(H,29,33)/t19-,20?/m0/s1. The predicted molar refractivity (Wildman–Crippen MR) is 119 cm³/mol. The second-order valence-electron chi connectivity index (χ2n) is 8.64. The van der Waals surface area contributed by atoms with Crippen molar-refractivity contribution in [1.82, 2.24) is 20.4 Å². The Balaban J connectivity index is 2.15. The number of benzene rings is 1. The predicted octanol–water partition coefficient (Wildman–Crippen LogP) is 2.66. The molecule has 34 heavy (non-hydrogen) atoms. The molecule has 1 aromatic rings. The Hall–Kier alpha value is -2.71. The molecular weight excluding hydrogens is 454 g/mol. The highest BCUT2D eigenvalue weighted by Crippen LogP contribution is 2.34. The van der Waals surface area contributed by atoms with Crippen LogP contribution in [-0.2, 0) is 4.79 Å². The molecule has 0 saturated carbocycles. The van der Waals surface area contributed by atoms with Crippen LogP contribution in [-0.4, -0.2) is 79.8 Å². The maximum atomic E-state index is 13.9. The van der Waals surface area contributed by atoms with E-state index in [2.05, 4.69) is 10.6 Å². The Bertz CT molecular complexity index is 846. The summed E-state index contributed by atoms with van der Waals surface area (Å²) in [6.07, 6.45) is -4.54. The van der Waals surface area contributed by atoms with Crippen molar-refractivity contribution >= 4 is 11.8 Å². The molecule has 0 aliphatic carbocycles. The summed E-state index contributed by atoms with van der Waals surface area (Å²) < 4.78 is 54.2. The van der Waals surface area contributed by atoms with Gasteiger partial charge in [-0.05, 0) is 30.0 Å². The largest absolute Gasteiger partial charge is 0.407 e. The summed E-state index contributed by atoms with van der Waals surface area (Å²) in [5, 5.41) is 13.4. The third-order valence-electron chi connectivity index (χ3n) is 5.61. The first-order valence-corrected chi connectivity index (χ1v) is 11.2. The number of rotatable bonds is 10. The molecule has 1 saturated heterocycles. The number of carbonyl (C=O) groups is 2. The lowest BCUT2D eigenvalue weighted by atomic mass is 9.98. The fourth-order valence-electron chi connectivity index (χ4n) is 3.85. The lowest BCUT2D eigenvalue weighted by molar-refractivity contribution is -0.161. The molecule has 1 unspecified atom stereocenters. The van der Waals surface area contributed by atoms with Crippen LogP contribution in [0.4, 0.5) is 17.6 Å². The number of halogens is 4. The molecule has 2 amide bonds. The molecule has 0 aromatic heterocycles. The monoisotopic (exact) mass is 485 g/mol. The normalized spacial score (nSPS) is 16.7. The third-order valence-corrected chi connectivity index (χ3v) is 5.61. The van der Waals surface area contributed by atoms with Crippen LogP contribution < -0.4 is 10.6 Å². The fraction of sp³-hybridized carbons (Fsp3) is 0.609. The van der Waals surface area contributed by atoms with E-state index in [0.29, 0.717) is 32.7 Å². The molecule has 1 fully saturated rings. The first-order chi connectivity index (χ1) is 16.1. The van der Waals surface area contributed by atoms with Gasteiger partial charge >= 0.3 is 6.18 Å². The average Bonchev–Trinajstić information content (AvgIpc) is 2.79. The number of nitrogens with zero attached hydrogens (tertiary/aromatic N) is 3. The van der Waals surface area contributed by atoms with Gasteiger partial charge in [0.05, 0.1) is 12.1 Å². The minimum atomic E-state index is -4.69. The van der Waals surface area contributed by atoms with E-state index in [1.165, 1.54) is 24.3 Å². The van der Waals surface area contributed by atoms with Crippen molar-refractivity contribution in [2.45, 2.75) is 38.5 Å². The molecule has 0 spiro atoms. The molecule has 0 bridgehead atoms. The van der Waals surface area contributed by atoms with Gasteiger partial charge in [-0.2, -0.15) is 18.4 Å². The second kappa shape index (κ2) is 12.7. The zero-order valence-corrected chi connectivity index (χ0v) is 19.4. The Morgan fingerprint density at radius 2 is 1.74 bits per heavy atom. The van der Waals surface area contributed by atoms with E-state index in [9.17, 15) is 27.2 Å². The molecule has 1 heterocycles. The maximum Gasteiger partial charge on any atom is 0.407 e. The highest BCUT2D eigenvalue weighted by molar-refractivity contribution is 5.94. The smallest absolute Gasteiger partial charge is 0.342 e. The number of hydrogen-bond acceptors (Lipinski definition) is 5. The molecule has 1 aliphatic heterocycles. The van der Waals surface area contributed by atoms with Crippen LogP contribution >= 0.6 is 0 Å². The molecule has 1 aliphatic rings. The van der Waals surface area contributed by atoms with Gasteiger partial charge in [0.2, 0.25) is 5.91 Å². The fourth-order valence-corrected chi connectivity index (χ4v) is 3.85. The van der Waals surface area contributed by atoms with E-state index in [1.54, 1.807) is 24.8 Å². The second-order valence-corrected chi connectivity index (χ2v) is 8.64. The van der Waals surface area contributed by atoms with Gasteiger partial charge in [0, 0.05) is 38.3 Å². The number of piperazine rings is 1. The molecule has 11 heteroatoms. The summed E-state index contributed by atoms with van der Waals surface area (Å²) in [5.74, 6) is -1.04. The minimum absolute atomic E-state index is 0.0652. The lowest BCUT2D eigenvalue weighted by Crippen LogP contribution is -2.49. The van der Waals surface area contributed by atoms with Crippen LogP contribution in [0.25, 0.3) is 0 Å². The molecule has 0 radical (unpaired) electrons. The number of hydrogen-bond donors (Lipinski definition) is 2. The van der Waals surface area contributed by atoms with Gasteiger partial charge < -0.3 is 10.2 Å². The van der Waals surface area contributed by atoms with E-state index < -0.39 is 30.8 Å². The Morgan fingerprint density at radius 1 is 1.12 bits per heavy atom. The topological polar surface area (TPSA) is 88.5 Å². The first-order valence-electron chi connectivity index (χ1n) is 11.2. The third kappa shape index (κ3) is 7.95. The van der Waals surface area contributed by atoms with E-state index >= 15 is 0 Å². The number of nitriles is 1. The quantitative estimate of drug-likeness (QED) is 0.393. The molecule has 188 valence electrons. The molecule has 7 nitrogen and oxygen atoms in total. The Kier molecular flexibility index (Phi) is 10.3. The van der Waals surface area contributed by atoms with Crippen LogP contribution in [0.1, 0.15) is 42.2 Å². The summed E-state index contributed by atoms with van der Waals surface area (Å²) in [6, 6.07) is 3.62. The van der Waals surface area contributed by atoms with Gasteiger partial charge in [0.1, 0.15) is 19.3 Å². The zero-order valence-electron chi connectivity index (χ0n) is 19.4. The lowest BCUT2D eigenvalue weighted by Gasteiger charge is -2.34. The van der Waals surface area contributed by atoms with E-state index in [0.717, 1.165) is 0 Å². The number of nitrogens with one attached hydrogen (secondary N) is 2. The van der Waals surface area contributed by atoms with Gasteiger partial charge in [-0.3, -0.25) is 19.8 Å². The van der Waals surface area contributed by atoms with Crippen molar-refractivity contribution in [1.29, 1.82) is 5.26 Å². The highest BCUT2D eigenvalue weighted by Gasteiger charge is 2.43. The van der Waals surface area contributed by atoms with E-state index in [-0.39, 0.29) is 35.9 Å². The van der Waals surface area contributed by atoms with Gasteiger partial charge in [-0.25, -0.2) is 4.39 Å². The van der Waals surface area contributed by atoms with Crippen molar-refractivity contribution < 1.29 is 27.2 Å². The van der Waals surface area contributed by atoms with Crippen molar-refractivity contribution in [3.05, 3.63) is 35.4 Å². The minimum Gasteiger partial charge on any atom is -0.342 e. The van der Waals surface area contributed by atoms with Gasteiger partial charge in [0.15, 0.2) is 0 Å². The van der Waals surface area contributed by atoms with Crippen molar-refractivity contribution in [2.75, 3.05) is 45.9 Å². The Labute approximate surface area is 197 Å². The number of alkyl halides is 4. The molecule has 2 N–H and O–H groups in total. The van der Waals surface area contributed by atoms with Crippen molar-refractivity contribution in [3.63, 3.8) is 0 Å². The summed E-state index contributed by atoms with van der Waals surface area (Å²) in [7, 11) is 0. The summed E-state index contributed by atoms with van der Waals surface area (Å²) in [5.41, 5.74) is 0.132. The van der Waals surface area contributed by atoms with Crippen LogP contribution in [0, 0.1) is 17.2 Å². The number of carbonyl (C=O) groups excluding carboxylic acids is 2. The molecule has 1 aromatic carbocycles. The van der Waals surface area contributed by atoms with E-state index in [4.69, 9.17) is 5.26 Å². The highest BCUT2D eigenvalue weighted by atomic mass is 19.4. The summed E-state index contributed by atoms with van der Waals surface area (Å²) >= 11 is 0. The molecular formula is C23H31F4N5O2. The van der Waals surface area contributed by atoms with Crippen LogP contribution in [0.3, 0.4) is 0 Å². The average molecular weight is 486 g/mol. The van der Waals surface area contributed by atoms with Gasteiger partial charge in [-0.15, -0.1) is 0 Å². The molecule has 2 rings (SSSR count). The maximum absolute atomic E-state index is 13.9. The van der Waals surface area contributed by atoms with E-state index in [1.807, 2.05) is 4.90 Å². The van der Waals surface area contributed by atoms with Crippen molar-refractivity contribution in [2.24, 2.45) is 5.92 Å². The van der Waals surface area contributed by atoms with Crippen molar-refractivity contribution in [3.8, 4) is 6.07 Å². The number of amides is 2. The van der Waals surface area contributed by atoms with Crippen LogP contribution in [0.15, 0.2) is 24.3 Å². The van der Waals surface area contributed by atoms with Gasteiger partial charge in [-0.1, -0.05) is 26.0 Å². The van der Waals surface area contributed by atoms with Gasteiger partial charge in [0.25, 0.3) is 5.91 Å².